The number of piperidine rings is 1. The van der Waals surface area contributed by atoms with Crippen molar-refractivity contribution in [2.45, 2.75) is 50.7 Å². The van der Waals surface area contributed by atoms with E-state index in [2.05, 4.69) is 15.5 Å². The summed E-state index contributed by atoms with van der Waals surface area (Å²) >= 11 is 0. The molecule has 0 aliphatic carbocycles. The summed E-state index contributed by atoms with van der Waals surface area (Å²) in [6.07, 6.45) is 3.42. The Hall–Kier alpha value is -3.59. The van der Waals surface area contributed by atoms with Gasteiger partial charge in [-0.1, -0.05) is 35.8 Å². The molecule has 10 heteroatoms. The summed E-state index contributed by atoms with van der Waals surface area (Å²) in [5.74, 6) is 0.808. The molecule has 2 aromatic rings. The van der Waals surface area contributed by atoms with Crippen molar-refractivity contribution in [3.8, 4) is 5.75 Å². The number of hydrazine groups is 1. The van der Waals surface area contributed by atoms with Crippen LogP contribution >= 0.6 is 0 Å². The molecular formula is C26H32N6O4. The molecule has 1 fully saturated rings. The lowest BCUT2D eigenvalue weighted by Gasteiger charge is -2.33. The number of aliphatic hydroxyl groups excluding tert-OH is 1. The molecule has 0 bridgehead atoms. The van der Waals surface area contributed by atoms with E-state index in [9.17, 15) is 4.79 Å². The normalized spacial score (nSPS) is 21.7. The maximum Gasteiger partial charge on any atom is 0.266 e. The highest BCUT2D eigenvalue weighted by Gasteiger charge is 2.51. The molecule has 0 radical (unpaired) electrons. The van der Waals surface area contributed by atoms with Crippen LogP contribution in [-0.4, -0.2) is 59.9 Å². The topological polar surface area (TPSA) is 132 Å². The summed E-state index contributed by atoms with van der Waals surface area (Å²) in [5.41, 5.74) is 12.8. The van der Waals surface area contributed by atoms with E-state index < -0.39 is 11.6 Å². The van der Waals surface area contributed by atoms with Gasteiger partial charge in [0.25, 0.3) is 5.91 Å². The summed E-state index contributed by atoms with van der Waals surface area (Å²) in [5, 5.41) is 14.7. The smallest absolute Gasteiger partial charge is 0.266 e. The van der Waals surface area contributed by atoms with Crippen LogP contribution in [0, 0.1) is 0 Å². The number of azide groups is 1. The van der Waals surface area contributed by atoms with Crippen molar-refractivity contribution in [1.82, 2.24) is 10.4 Å². The second-order valence-corrected chi connectivity index (χ2v) is 9.03. The molecule has 2 aromatic carbocycles. The van der Waals surface area contributed by atoms with E-state index in [4.69, 9.17) is 25.1 Å². The molecule has 0 spiro atoms. The van der Waals surface area contributed by atoms with Gasteiger partial charge in [-0.15, -0.1) is 0 Å². The van der Waals surface area contributed by atoms with Gasteiger partial charge in [-0.2, -0.15) is 0 Å². The van der Waals surface area contributed by atoms with Gasteiger partial charge in [-0.3, -0.25) is 10.2 Å². The maximum atomic E-state index is 13.8. The van der Waals surface area contributed by atoms with Crippen molar-refractivity contribution in [3.63, 3.8) is 0 Å². The average Bonchev–Trinajstić information content (AvgIpc) is 3.23. The fourth-order valence-electron chi connectivity index (χ4n) is 4.49. The van der Waals surface area contributed by atoms with Crippen LogP contribution in [0.5, 0.6) is 5.75 Å². The fourth-order valence-corrected chi connectivity index (χ4v) is 4.49. The molecule has 4 rings (SSSR count). The first-order valence-electron chi connectivity index (χ1n) is 12.4. The minimum atomic E-state index is -1.25. The van der Waals surface area contributed by atoms with E-state index in [1.165, 1.54) is 0 Å². The summed E-state index contributed by atoms with van der Waals surface area (Å²) in [4.78, 5) is 21.6. The third kappa shape index (κ3) is 5.79. The van der Waals surface area contributed by atoms with Crippen LogP contribution in [0.2, 0.25) is 0 Å². The Morgan fingerprint density at radius 2 is 2.00 bits per heavy atom. The first-order valence-corrected chi connectivity index (χ1v) is 12.4. The molecule has 2 heterocycles. The Morgan fingerprint density at radius 3 is 2.72 bits per heavy atom. The van der Waals surface area contributed by atoms with Crippen molar-refractivity contribution < 1.29 is 19.4 Å². The van der Waals surface area contributed by atoms with Gasteiger partial charge in [0.15, 0.2) is 5.54 Å². The number of nitrogens with zero attached hydrogens (tertiary/aromatic N) is 5. The van der Waals surface area contributed by atoms with Gasteiger partial charge in [0.2, 0.25) is 5.90 Å². The van der Waals surface area contributed by atoms with Crippen LogP contribution in [0.25, 0.3) is 10.4 Å². The van der Waals surface area contributed by atoms with Crippen LogP contribution in [0.4, 0.5) is 5.69 Å². The lowest BCUT2D eigenvalue weighted by atomic mass is 9.85. The standard InChI is InChI=1S/C26H32N6O4/c1-19-26(25(34)30-32-14-5-2-6-15-32,18-21-8-3-4-9-23(21)29-31-27)28-24(36-19)20-10-12-22(13-11-20)35-17-7-16-33/h3-4,8-13,19,33H,2,5-7,14-18H2,1H3,(H,30,34)/t19-,26-/m0/s1. The van der Waals surface area contributed by atoms with Crippen molar-refractivity contribution in [2.24, 2.45) is 10.1 Å². The molecule has 2 atom stereocenters. The Bertz CT molecular complexity index is 1130. The maximum absolute atomic E-state index is 13.8. The molecule has 2 aliphatic heterocycles. The minimum Gasteiger partial charge on any atom is -0.494 e. The molecule has 2 N–H and O–H groups in total. The molecular weight excluding hydrogens is 460 g/mol. The van der Waals surface area contributed by atoms with E-state index in [1.54, 1.807) is 12.1 Å². The predicted molar refractivity (Wildman–Crippen MR) is 136 cm³/mol. The Labute approximate surface area is 210 Å². The largest absolute Gasteiger partial charge is 0.494 e. The number of nitrogens with one attached hydrogen (secondary N) is 1. The second-order valence-electron chi connectivity index (χ2n) is 9.03. The molecule has 0 saturated carbocycles. The number of ether oxygens (including phenoxy) is 2. The van der Waals surface area contributed by atoms with Gasteiger partial charge >= 0.3 is 0 Å². The summed E-state index contributed by atoms with van der Waals surface area (Å²) in [6.45, 7) is 3.93. The van der Waals surface area contributed by atoms with E-state index in [0.29, 0.717) is 30.4 Å². The number of carbonyl (C=O) groups excluding carboxylic acids is 1. The average molecular weight is 493 g/mol. The number of rotatable bonds is 10. The van der Waals surface area contributed by atoms with Gasteiger partial charge in [0.1, 0.15) is 11.9 Å². The molecule has 1 amide bonds. The van der Waals surface area contributed by atoms with Gasteiger partial charge in [0.05, 0.1) is 6.61 Å². The van der Waals surface area contributed by atoms with Crippen LogP contribution in [0.3, 0.4) is 0 Å². The van der Waals surface area contributed by atoms with Crippen LogP contribution in [-0.2, 0) is 16.0 Å². The molecule has 10 nitrogen and oxygen atoms in total. The molecule has 1 saturated heterocycles. The SMILES string of the molecule is C[C@@H]1OC(c2ccc(OCCCO)cc2)=N[C@]1(Cc1ccccc1N=[N+]=[N-])C(=O)NN1CCCCC1. The molecule has 2 aliphatic rings. The molecule has 0 aromatic heterocycles. The number of hydrogen-bond donors (Lipinski definition) is 2. The molecule has 0 unspecified atom stereocenters. The number of aliphatic imine (C=N–C) groups is 1. The predicted octanol–water partition coefficient (Wildman–Crippen LogP) is 4.05. The van der Waals surface area contributed by atoms with E-state index >= 15 is 0 Å². The zero-order valence-corrected chi connectivity index (χ0v) is 20.5. The Balaban J connectivity index is 1.65. The Morgan fingerprint density at radius 1 is 1.25 bits per heavy atom. The highest BCUT2D eigenvalue weighted by Crippen LogP contribution is 2.35. The number of amides is 1. The van der Waals surface area contributed by atoms with E-state index in [-0.39, 0.29) is 18.9 Å². The summed E-state index contributed by atoms with van der Waals surface area (Å²) in [7, 11) is 0. The quantitative estimate of drug-likeness (QED) is 0.223. The lowest BCUT2D eigenvalue weighted by molar-refractivity contribution is -0.134. The zero-order chi connectivity index (χ0) is 25.4. The first-order chi connectivity index (χ1) is 17.6. The molecule has 36 heavy (non-hydrogen) atoms. The third-order valence-corrected chi connectivity index (χ3v) is 6.55. The summed E-state index contributed by atoms with van der Waals surface area (Å²) < 4.78 is 11.8. The summed E-state index contributed by atoms with van der Waals surface area (Å²) in [6, 6.07) is 14.5. The van der Waals surface area contributed by atoms with Crippen molar-refractivity contribution in [1.29, 1.82) is 0 Å². The number of aliphatic hydroxyl groups is 1. The van der Waals surface area contributed by atoms with Gasteiger partial charge in [-0.05, 0) is 55.1 Å². The van der Waals surface area contributed by atoms with Crippen LogP contribution in [0.1, 0.15) is 43.7 Å². The van der Waals surface area contributed by atoms with E-state index in [0.717, 1.165) is 43.5 Å². The highest BCUT2D eigenvalue weighted by atomic mass is 16.5. The number of benzene rings is 2. The minimum absolute atomic E-state index is 0.0744. The van der Waals surface area contributed by atoms with Crippen molar-refractivity contribution in [3.05, 3.63) is 70.1 Å². The highest BCUT2D eigenvalue weighted by molar-refractivity contribution is 6.00. The molecule has 190 valence electrons. The number of hydrogen-bond acceptors (Lipinski definition) is 7. The van der Waals surface area contributed by atoms with Gasteiger partial charge < -0.3 is 14.6 Å². The third-order valence-electron chi connectivity index (χ3n) is 6.55. The second kappa shape index (κ2) is 11.9. The fraction of sp³-hybridized carbons (Fsp3) is 0.462. The monoisotopic (exact) mass is 492 g/mol. The Kier molecular flexibility index (Phi) is 8.43. The van der Waals surface area contributed by atoms with Crippen molar-refractivity contribution >= 4 is 17.5 Å². The van der Waals surface area contributed by atoms with Gasteiger partial charge in [0, 0.05) is 48.7 Å². The van der Waals surface area contributed by atoms with Crippen molar-refractivity contribution in [2.75, 3.05) is 26.3 Å². The van der Waals surface area contributed by atoms with Crippen LogP contribution in [0.15, 0.2) is 58.6 Å². The van der Waals surface area contributed by atoms with E-state index in [1.807, 2.05) is 48.3 Å². The van der Waals surface area contributed by atoms with Gasteiger partial charge in [-0.25, -0.2) is 10.0 Å². The first kappa shape index (κ1) is 25.5. The lowest BCUT2D eigenvalue weighted by Crippen LogP contribution is -2.57. The number of carbonyl (C=O) groups is 1. The zero-order valence-electron chi connectivity index (χ0n) is 20.5. The van der Waals surface area contributed by atoms with Crippen LogP contribution < -0.4 is 10.2 Å².